The first kappa shape index (κ1) is 19.8. The molecule has 3 amide bonds. The summed E-state index contributed by atoms with van der Waals surface area (Å²) in [5.74, 6) is -1.40. The van der Waals surface area contributed by atoms with Crippen molar-refractivity contribution in [3.63, 3.8) is 0 Å². The molecule has 26 heavy (non-hydrogen) atoms. The highest BCUT2D eigenvalue weighted by molar-refractivity contribution is 5.80. The molecule has 0 aliphatic carbocycles. The van der Waals surface area contributed by atoms with Gasteiger partial charge in [0.25, 0.3) is 0 Å². The molecule has 3 unspecified atom stereocenters. The Morgan fingerprint density at radius 2 is 1.88 bits per heavy atom. The molecule has 2 rings (SSSR count). The van der Waals surface area contributed by atoms with Crippen molar-refractivity contribution in [3.05, 3.63) is 35.9 Å². The Labute approximate surface area is 154 Å². The lowest BCUT2D eigenvalue weighted by Gasteiger charge is -2.35. The van der Waals surface area contributed by atoms with Crippen molar-refractivity contribution in [3.8, 4) is 0 Å². The molecule has 0 radical (unpaired) electrons. The smallest absolute Gasteiger partial charge is 0.317 e. The maximum Gasteiger partial charge on any atom is 0.317 e. The van der Waals surface area contributed by atoms with Gasteiger partial charge in [-0.25, -0.2) is 4.79 Å². The summed E-state index contributed by atoms with van der Waals surface area (Å²) in [6, 6.07) is 8.54. The Hall–Kier alpha value is -2.57. The number of rotatable bonds is 5. The summed E-state index contributed by atoms with van der Waals surface area (Å²) in [6.07, 6.45) is 0.717. The second kappa shape index (κ2) is 8.69. The number of piperidine rings is 1. The highest BCUT2D eigenvalue weighted by Crippen LogP contribution is 2.23. The van der Waals surface area contributed by atoms with Gasteiger partial charge >= 0.3 is 12.0 Å². The first-order valence-corrected chi connectivity index (χ1v) is 8.81. The summed E-state index contributed by atoms with van der Waals surface area (Å²) < 4.78 is 0. The quantitative estimate of drug-likeness (QED) is 0.839. The van der Waals surface area contributed by atoms with Crippen LogP contribution in [0.25, 0.3) is 0 Å². The third-order valence-electron chi connectivity index (χ3n) is 4.67. The average molecular weight is 361 g/mol. The lowest BCUT2D eigenvalue weighted by molar-refractivity contribution is -0.143. The zero-order chi connectivity index (χ0) is 19.3. The minimum atomic E-state index is -0.878. The van der Waals surface area contributed by atoms with E-state index in [0.29, 0.717) is 13.0 Å². The molecule has 0 saturated carbocycles. The van der Waals surface area contributed by atoms with Crippen molar-refractivity contribution in [1.29, 1.82) is 0 Å². The van der Waals surface area contributed by atoms with E-state index in [-0.39, 0.29) is 30.8 Å². The van der Waals surface area contributed by atoms with Crippen molar-refractivity contribution in [2.45, 2.75) is 25.8 Å². The van der Waals surface area contributed by atoms with Gasteiger partial charge in [0.2, 0.25) is 5.91 Å². The minimum absolute atomic E-state index is 0.0884. The zero-order valence-electron chi connectivity index (χ0n) is 15.5. The Kier molecular flexibility index (Phi) is 6.60. The number of benzene rings is 1. The molecule has 0 bridgehead atoms. The monoisotopic (exact) mass is 361 g/mol. The first-order valence-electron chi connectivity index (χ1n) is 8.81. The van der Waals surface area contributed by atoms with E-state index in [0.717, 1.165) is 5.56 Å². The van der Waals surface area contributed by atoms with Crippen LogP contribution in [0.15, 0.2) is 30.3 Å². The number of carboxylic acid groups (broad SMARTS) is 1. The summed E-state index contributed by atoms with van der Waals surface area (Å²) >= 11 is 0. The maximum absolute atomic E-state index is 12.7. The number of hydrogen-bond donors (Lipinski definition) is 2. The van der Waals surface area contributed by atoms with Crippen LogP contribution >= 0.6 is 0 Å². The van der Waals surface area contributed by atoms with Crippen LogP contribution in [0.3, 0.4) is 0 Å². The molecule has 3 atom stereocenters. The van der Waals surface area contributed by atoms with Gasteiger partial charge in [0.15, 0.2) is 0 Å². The fourth-order valence-electron chi connectivity index (χ4n) is 3.23. The zero-order valence-corrected chi connectivity index (χ0v) is 15.5. The van der Waals surface area contributed by atoms with Crippen LogP contribution in [-0.4, -0.2) is 60.0 Å². The number of nitrogens with one attached hydrogen (secondary N) is 1. The molecule has 142 valence electrons. The molecular formula is C19H27N3O4. The van der Waals surface area contributed by atoms with Crippen LogP contribution in [0, 0.1) is 11.8 Å². The SMILES string of the molecule is CC1CC(C(=O)O)CN(C(=O)NC(CC(=O)N(C)C)c2ccccc2)C1. The fraction of sp³-hybridized carbons (Fsp3) is 0.526. The number of nitrogens with zero attached hydrogens (tertiary/aromatic N) is 2. The minimum Gasteiger partial charge on any atom is -0.481 e. The molecule has 1 heterocycles. The Balaban J connectivity index is 2.12. The summed E-state index contributed by atoms with van der Waals surface area (Å²) in [6.45, 7) is 2.65. The van der Waals surface area contributed by atoms with E-state index in [1.54, 1.807) is 19.0 Å². The Morgan fingerprint density at radius 3 is 2.46 bits per heavy atom. The van der Waals surface area contributed by atoms with E-state index in [9.17, 15) is 19.5 Å². The molecule has 0 spiro atoms. The number of hydrogen-bond acceptors (Lipinski definition) is 3. The summed E-state index contributed by atoms with van der Waals surface area (Å²) in [4.78, 5) is 39.3. The predicted octanol–water partition coefficient (Wildman–Crippen LogP) is 1.96. The van der Waals surface area contributed by atoms with Gasteiger partial charge in [-0.3, -0.25) is 9.59 Å². The van der Waals surface area contributed by atoms with Gasteiger partial charge in [-0.15, -0.1) is 0 Å². The number of urea groups is 1. The van der Waals surface area contributed by atoms with Gasteiger partial charge in [0.05, 0.1) is 18.4 Å². The molecule has 1 aromatic carbocycles. The Bertz CT molecular complexity index is 647. The van der Waals surface area contributed by atoms with Crippen LogP contribution in [0.1, 0.15) is 31.4 Å². The van der Waals surface area contributed by atoms with E-state index in [1.165, 1.54) is 4.90 Å². The molecule has 1 saturated heterocycles. The van der Waals surface area contributed by atoms with Gasteiger partial charge in [0.1, 0.15) is 0 Å². The van der Waals surface area contributed by atoms with Crippen molar-refractivity contribution in [2.75, 3.05) is 27.2 Å². The number of aliphatic carboxylic acids is 1. The lowest BCUT2D eigenvalue weighted by Crippen LogP contribution is -2.50. The van der Waals surface area contributed by atoms with Crippen LogP contribution in [-0.2, 0) is 9.59 Å². The standard InChI is InChI=1S/C19H27N3O4/c1-13-9-15(18(24)25)12-22(11-13)19(26)20-16(10-17(23)21(2)3)14-7-5-4-6-8-14/h4-8,13,15-16H,9-12H2,1-3H3,(H,20,26)(H,24,25). The van der Waals surface area contributed by atoms with Crippen LogP contribution in [0.5, 0.6) is 0 Å². The molecule has 1 fully saturated rings. The topological polar surface area (TPSA) is 90.0 Å². The first-order chi connectivity index (χ1) is 12.3. The van der Waals surface area contributed by atoms with E-state index < -0.39 is 17.9 Å². The number of carbonyl (C=O) groups excluding carboxylic acids is 2. The van der Waals surface area contributed by atoms with Crippen molar-refractivity contribution in [1.82, 2.24) is 15.1 Å². The van der Waals surface area contributed by atoms with Crippen LogP contribution in [0.4, 0.5) is 4.79 Å². The largest absolute Gasteiger partial charge is 0.481 e. The van der Waals surface area contributed by atoms with Gasteiger partial charge in [-0.05, 0) is 17.9 Å². The normalized spacial score (nSPS) is 21.0. The summed E-state index contributed by atoms with van der Waals surface area (Å²) in [5.41, 5.74) is 0.843. The number of likely N-dealkylation sites (tertiary alicyclic amines) is 1. The number of carboxylic acids is 1. The van der Waals surface area contributed by atoms with E-state index in [2.05, 4.69) is 5.32 Å². The second-order valence-electron chi connectivity index (χ2n) is 7.19. The van der Waals surface area contributed by atoms with Gasteiger partial charge in [-0.1, -0.05) is 37.3 Å². The fourth-order valence-corrected chi connectivity index (χ4v) is 3.23. The molecule has 7 nitrogen and oxygen atoms in total. The lowest BCUT2D eigenvalue weighted by atomic mass is 9.91. The van der Waals surface area contributed by atoms with Gasteiger partial charge in [0, 0.05) is 27.2 Å². The van der Waals surface area contributed by atoms with E-state index in [1.807, 2.05) is 37.3 Å². The average Bonchev–Trinajstić information content (AvgIpc) is 2.61. The maximum atomic E-state index is 12.7. The number of amides is 3. The highest BCUT2D eigenvalue weighted by Gasteiger charge is 2.33. The molecule has 0 aromatic heterocycles. The molecule has 1 aromatic rings. The van der Waals surface area contributed by atoms with Crippen molar-refractivity contribution in [2.24, 2.45) is 11.8 Å². The summed E-state index contributed by atoms with van der Waals surface area (Å²) in [5, 5.41) is 12.2. The summed E-state index contributed by atoms with van der Waals surface area (Å²) in [7, 11) is 3.35. The van der Waals surface area contributed by atoms with Crippen LogP contribution in [0.2, 0.25) is 0 Å². The van der Waals surface area contributed by atoms with Crippen LogP contribution < -0.4 is 5.32 Å². The number of carbonyl (C=O) groups is 3. The second-order valence-corrected chi connectivity index (χ2v) is 7.19. The Morgan fingerprint density at radius 1 is 1.23 bits per heavy atom. The molecule has 1 aliphatic rings. The third-order valence-corrected chi connectivity index (χ3v) is 4.67. The molecule has 2 N–H and O–H groups in total. The van der Waals surface area contributed by atoms with E-state index in [4.69, 9.17) is 0 Å². The molecular weight excluding hydrogens is 334 g/mol. The highest BCUT2D eigenvalue weighted by atomic mass is 16.4. The van der Waals surface area contributed by atoms with Gasteiger partial charge < -0.3 is 20.2 Å². The third kappa shape index (κ3) is 5.21. The van der Waals surface area contributed by atoms with Gasteiger partial charge in [-0.2, -0.15) is 0 Å². The van der Waals surface area contributed by atoms with E-state index >= 15 is 0 Å². The molecule has 7 heteroatoms. The molecule has 1 aliphatic heterocycles. The predicted molar refractivity (Wildman–Crippen MR) is 97.5 cm³/mol. The van der Waals surface area contributed by atoms with Crippen molar-refractivity contribution < 1.29 is 19.5 Å². The van der Waals surface area contributed by atoms with Crippen molar-refractivity contribution >= 4 is 17.9 Å².